The molecule has 7 nitrogen and oxygen atoms in total. The van der Waals surface area contributed by atoms with Gasteiger partial charge in [-0.05, 0) is 67.9 Å². The Kier molecular flexibility index (Phi) is 8.37. The number of carbonyl (C=O) groups excluding carboxylic acids is 3. The molecule has 0 saturated carbocycles. The van der Waals surface area contributed by atoms with E-state index < -0.39 is 17.6 Å². The lowest BCUT2D eigenvalue weighted by molar-refractivity contribution is -0.137. The Balaban J connectivity index is 1.57. The summed E-state index contributed by atoms with van der Waals surface area (Å²) in [7, 11) is 1.55. The number of halogens is 1. The van der Waals surface area contributed by atoms with Gasteiger partial charge in [-0.15, -0.1) is 0 Å². The van der Waals surface area contributed by atoms with Gasteiger partial charge in [0, 0.05) is 42.1 Å². The van der Waals surface area contributed by atoms with Gasteiger partial charge in [-0.1, -0.05) is 35.5 Å². The zero-order valence-corrected chi connectivity index (χ0v) is 21.2. The van der Waals surface area contributed by atoms with E-state index >= 15 is 0 Å². The molecule has 3 amide bonds. The molecule has 0 atom stereocenters. The SMILES string of the molecule is COCCCN1C(=O)C(Nc2ccc(F)cc2)=C(Sc2cccc(NC(=O)c3ccc(C)cc3)c2)C1=O. The number of amides is 3. The van der Waals surface area contributed by atoms with Gasteiger partial charge >= 0.3 is 0 Å². The molecule has 9 heteroatoms. The fraction of sp³-hybridized carbons (Fsp3) is 0.179. The third-order valence-corrected chi connectivity index (χ3v) is 6.67. The van der Waals surface area contributed by atoms with Crippen molar-refractivity contribution in [3.05, 3.63) is 100 Å². The molecule has 0 spiro atoms. The first kappa shape index (κ1) is 26.1. The summed E-state index contributed by atoms with van der Waals surface area (Å²) in [4.78, 5) is 41.1. The van der Waals surface area contributed by atoms with E-state index in [4.69, 9.17) is 4.74 Å². The highest BCUT2D eigenvalue weighted by molar-refractivity contribution is 8.04. The minimum atomic E-state index is -0.461. The van der Waals surface area contributed by atoms with Crippen LogP contribution in [0.15, 0.2) is 88.3 Å². The number of ether oxygens (including phenoxy) is 1. The van der Waals surface area contributed by atoms with Crippen molar-refractivity contribution in [2.75, 3.05) is 30.9 Å². The van der Waals surface area contributed by atoms with Crippen LogP contribution in [0.25, 0.3) is 0 Å². The van der Waals surface area contributed by atoms with E-state index in [-0.39, 0.29) is 23.1 Å². The third kappa shape index (κ3) is 6.44. The number of anilines is 2. The highest BCUT2D eigenvalue weighted by Gasteiger charge is 2.38. The van der Waals surface area contributed by atoms with Crippen molar-refractivity contribution in [2.24, 2.45) is 0 Å². The Morgan fingerprint density at radius 3 is 2.41 bits per heavy atom. The van der Waals surface area contributed by atoms with Gasteiger partial charge in [-0.3, -0.25) is 19.3 Å². The number of carbonyl (C=O) groups is 3. The molecule has 3 aromatic carbocycles. The predicted octanol–water partition coefficient (Wildman–Crippen LogP) is 5.21. The molecule has 0 unspecified atom stereocenters. The van der Waals surface area contributed by atoms with E-state index in [9.17, 15) is 18.8 Å². The lowest BCUT2D eigenvalue weighted by Crippen LogP contribution is -2.33. The second-order valence-corrected chi connectivity index (χ2v) is 9.48. The summed E-state index contributed by atoms with van der Waals surface area (Å²) in [5.41, 5.74) is 2.74. The van der Waals surface area contributed by atoms with Crippen molar-refractivity contribution < 1.29 is 23.5 Å². The second kappa shape index (κ2) is 11.9. The van der Waals surface area contributed by atoms with Gasteiger partial charge in [0.2, 0.25) is 0 Å². The minimum absolute atomic E-state index is 0.119. The van der Waals surface area contributed by atoms with Crippen LogP contribution < -0.4 is 10.6 Å². The number of benzene rings is 3. The number of thioether (sulfide) groups is 1. The first-order chi connectivity index (χ1) is 17.9. The molecule has 37 heavy (non-hydrogen) atoms. The molecular formula is C28H26FN3O4S. The monoisotopic (exact) mass is 519 g/mol. The molecule has 0 bridgehead atoms. The zero-order valence-electron chi connectivity index (χ0n) is 20.4. The fourth-order valence-corrected chi connectivity index (χ4v) is 4.68. The number of hydrogen-bond acceptors (Lipinski definition) is 6. The molecule has 1 aliphatic heterocycles. The van der Waals surface area contributed by atoms with E-state index in [1.165, 1.54) is 29.2 Å². The minimum Gasteiger partial charge on any atom is -0.385 e. The van der Waals surface area contributed by atoms with Crippen molar-refractivity contribution in [3.8, 4) is 0 Å². The molecule has 0 saturated heterocycles. The van der Waals surface area contributed by atoms with E-state index in [0.717, 1.165) is 17.3 Å². The molecule has 4 rings (SSSR count). The molecule has 190 valence electrons. The summed E-state index contributed by atoms with van der Waals surface area (Å²) in [6, 6.07) is 19.8. The number of methoxy groups -OCH3 is 1. The van der Waals surface area contributed by atoms with Crippen LogP contribution in [0.3, 0.4) is 0 Å². The summed E-state index contributed by atoms with van der Waals surface area (Å²) < 4.78 is 18.4. The predicted molar refractivity (Wildman–Crippen MR) is 142 cm³/mol. The highest BCUT2D eigenvalue weighted by Crippen LogP contribution is 2.37. The Labute approximate surface area is 218 Å². The normalized spacial score (nSPS) is 13.3. The number of hydrogen-bond donors (Lipinski definition) is 2. The Bertz CT molecular complexity index is 1340. The number of rotatable bonds is 10. The second-order valence-electron chi connectivity index (χ2n) is 8.39. The van der Waals surface area contributed by atoms with Crippen molar-refractivity contribution in [1.82, 2.24) is 4.90 Å². The van der Waals surface area contributed by atoms with Crippen LogP contribution in [0, 0.1) is 12.7 Å². The fourth-order valence-electron chi connectivity index (χ4n) is 3.67. The molecular weight excluding hydrogens is 493 g/mol. The number of nitrogens with zero attached hydrogens (tertiary/aromatic N) is 1. The van der Waals surface area contributed by atoms with E-state index in [1.807, 2.05) is 19.1 Å². The van der Waals surface area contributed by atoms with Gasteiger partial charge < -0.3 is 15.4 Å². The average Bonchev–Trinajstić information content (AvgIpc) is 3.10. The molecule has 0 fully saturated rings. The first-order valence-electron chi connectivity index (χ1n) is 11.6. The van der Waals surface area contributed by atoms with Gasteiger partial charge in [-0.25, -0.2) is 4.39 Å². The summed E-state index contributed by atoms with van der Waals surface area (Å²) in [5, 5.41) is 5.86. The zero-order chi connectivity index (χ0) is 26.4. The van der Waals surface area contributed by atoms with Crippen LogP contribution in [0.4, 0.5) is 15.8 Å². The molecule has 2 N–H and O–H groups in total. The number of aryl methyl sites for hydroxylation is 1. The van der Waals surface area contributed by atoms with Crippen LogP contribution in [0.1, 0.15) is 22.3 Å². The smallest absolute Gasteiger partial charge is 0.278 e. The Hall–Kier alpha value is -3.95. The molecule has 1 aliphatic rings. The van der Waals surface area contributed by atoms with Gasteiger partial charge in [-0.2, -0.15) is 0 Å². The van der Waals surface area contributed by atoms with Gasteiger partial charge in [0.1, 0.15) is 16.4 Å². The van der Waals surface area contributed by atoms with Crippen LogP contribution in [-0.4, -0.2) is 42.9 Å². The van der Waals surface area contributed by atoms with Gasteiger partial charge in [0.15, 0.2) is 0 Å². The molecule has 3 aromatic rings. The van der Waals surface area contributed by atoms with Crippen LogP contribution >= 0.6 is 11.8 Å². The van der Waals surface area contributed by atoms with Crippen LogP contribution in [0.2, 0.25) is 0 Å². The first-order valence-corrected chi connectivity index (χ1v) is 12.5. The van der Waals surface area contributed by atoms with E-state index in [1.54, 1.807) is 43.5 Å². The summed E-state index contributed by atoms with van der Waals surface area (Å²) in [6.07, 6.45) is 0.496. The molecule has 0 aliphatic carbocycles. The topological polar surface area (TPSA) is 87.7 Å². The van der Waals surface area contributed by atoms with Crippen LogP contribution in [-0.2, 0) is 14.3 Å². The van der Waals surface area contributed by atoms with Crippen molar-refractivity contribution >= 4 is 40.9 Å². The van der Waals surface area contributed by atoms with E-state index in [2.05, 4.69) is 10.6 Å². The number of nitrogens with one attached hydrogen (secondary N) is 2. The van der Waals surface area contributed by atoms with Gasteiger partial charge in [0.25, 0.3) is 17.7 Å². The maximum absolute atomic E-state index is 13.4. The highest BCUT2D eigenvalue weighted by atomic mass is 32.2. The third-order valence-electron chi connectivity index (χ3n) is 5.59. The summed E-state index contributed by atoms with van der Waals surface area (Å²) >= 11 is 1.12. The van der Waals surface area contributed by atoms with Gasteiger partial charge in [0.05, 0.1) is 0 Å². The van der Waals surface area contributed by atoms with Crippen molar-refractivity contribution in [1.29, 1.82) is 0 Å². The van der Waals surface area contributed by atoms with E-state index in [0.29, 0.717) is 34.9 Å². The van der Waals surface area contributed by atoms with Crippen molar-refractivity contribution in [3.63, 3.8) is 0 Å². The van der Waals surface area contributed by atoms with Crippen LogP contribution in [0.5, 0.6) is 0 Å². The number of imide groups is 1. The largest absolute Gasteiger partial charge is 0.385 e. The standard InChI is InChI=1S/C28H26FN3O4S/c1-18-7-9-19(10-8-18)26(33)31-22-5-3-6-23(17-22)37-25-24(30-21-13-11-20(29)12-14-21)27(34)32(28(25)35)15-4-16-36-2/h3,5-14,17,30H,4,15-16H2,1-2H3,(H,31,33). The summed E-state index contributed by atoms with van der Waals surface area (Å²) in [5.74, 6) is -1.55. The maximum atomic E-state index is 13.4. The Morgan fingerprint density at radius 2 is 1.70 bits per heavy atom. The molecule has 0 aromatic heterocycles. The summed E-state index contributed by atoms with van der Waals surface area (Å²) in [6.45, 7) is 2.56. The molecule has 1 heterocycles. The average molecular weight is 520 g/mol. The maximum Gasteiger partial charge on any atom is 0.278 e. The Morgan fingerprint density at radius 1 is 0.973 bits per heavy atom. The quantitative estimate of drug-likeness (QED) is 0.283. The lowest BCUT2D eigenvalue weighted by Gasteiger charge is -2.14. The lowest BCUT2D eigenvalue weighted by atomic mass is 10.1. The van der Waals surface area contributed by atoms with Crippen molar-refractivity contribution in [2.45, 2.75) is 18.2 Å². The molecule has 0 radical (unpaired) electrons.